The zero-order valence-corrected chi connectivity index (χ0v) is 8.81. The van der Waals surface area contributed by atoms with Crippen LogP contribution in [0.2, 0.25) is 0 Å². The molecule has 1 aliphatic rings. The van der Waals surface area contributed by atoms with Crippen molar-refractivity contribution >= 4 is 17.8 Å². The van der Waals surface area contributed by atoms with Gasteiger partial charge in [-0.25, -0.2) is 4.79 Å². The highest BCUT2D eigenvalue weighted by Gasteiger charge is 2.33. The van der Waals surface area contributed by atoms with Crippen molar-refractivity contribution in [2.24, 2.45) is 0 Å². The van der Waals surface area contributed by atoms with Crippen LogP contribution in [0.4, 0.5) is 0 Å². The highest BCUT2D eigenvalue weighted by Crippen LogP contribution is 2.16. The molecule has 0 spiro atoms. The van der Waals surface area contributed by atoms with Crippen molar-refractivity contribution in [2.45, 2.75) is 18.9 Å². The van der Waals surface area contributed by atoms with Crippen LogP contribution in [0.3, 0.4) is 0 Å². The summed E-state index contributed by atoms with van der Waals surface area (Å²) in [5.41, 5.74) is 0. The van der Waals surface area contributed by atoms with Gasteiger partial charge in [0.15, 0.2) is 0 Å². The summed E-state index contributed by atoms with van der Waals surface area (Å²) in [6, 6.07) is -0.756. The molecule has 0 aromatic heterocycles. The molecule has 0 unspecified atom stereocenters. The predicted molar refractivity (Wildman–Crippen MR) is 55.6 cm³/mol. The summed E-state index contributed by atoms with van der Waals surface area (Å²) < 4.78 is 0. The second kappa shape index (κ2) is 5.29. The third kappa shape index (κ3) is 2.82. The van der Waals surface area contributed by atoms with E-state index in [4.69, 9.17) is 5.11 Å². The van der Waals surface area contributed by atoms with Gasteiger partial charge in [0.1, 0.15) is 6.04 Å². The summed E-state index contributed by atoms with van der Waals surface area (Å²) in [6.07, 6.45) is 2.21. The van der Waals surface area contributed by atoms with Crippen LogP contribution in [0.5, 0.6) is 0 Å². The van der Waals surface area contributed by atoms with Crippen molar-refractivity contribution in [3.05, 3.63) is 12.7 Å². The highest BCUT2D eigenvalue weighted by atomic mass is 16.4. The van der Waals surface area contributed by atoms with E-state index in [2.05, 4.69) is 11.9 Å². The van der Waals surface area contributed by atoms with Gasteiger partial charge in [0, 0.05) is 6.54 Å². The van der Waals surface area contributed by atoms with Crippen LogP contribution in [0.15, 0.2) is 12.7 Å². The van der Waals surface area contributed by atoms with Gasteiger partial charge in [-0.05, 0) is 18.9 Å². The lowest BCUT2D eigenvalue weighted by molar-refractivity contribution is -0.148. The third-order valence-electron chi connectivity index (χ3n) is 2.46. The van der Waals surface area contributed by atoms with Crippen molar-refractivity contribution < 1.29 is 19.5 Å². The lowest BCUT2D eigenvalue weighted by Crippen LogP contribution is -2.45. The average Bonchev–Trinajstić information content (AvgIpc) is 2.74. The van der Waals surface area contributed by atoms with Crippen LogP contribution in [-0.2, 0) is 14.4 Å². The normalized spacial score (nSPS) is 19.2. The summed E-state index contributed by atoms with van der Waals surface area (Å²) in [6.45, 7) is 3.49. The van der Waals surface area contributed by atoms with E-state index in [0.29, 0.717) is 19.4 Å². The minimum Gasteiger partial charge on any atom is -0.480 e. The smallest absolute Gasteiger partial charge is 0.326 e. The number of hydrogen-bond donors (Lipinski definition) is 2. The number of likely N-dealkylation sites (tertiary alicyclic amines) is 1. The largest absolute Gasteiger partial charge is 0.480 e. The summed E-state index contributed by atoms with van der Waals surface area (Å²) in [4.78, 5) is 34.5. The third-order valence-corrected chi connectivity index (χ3v) is 2.46. The Morgan fingerprint density at radius 1 is 1.50 bits per heavy atom. The Hall–Kier alpha value is -1.85. The van der Waals surface area contributed by atoms with E-state index in [1.807, 2.05) is 0 Å². The van der Waals surface area contributed by atoms with Crippen LogP contribution < -0.4 is 5.32 Å². The number of carboxylic acids is 1. The fourth-order valence-electron chi connectivity index (χ4n) is 1.66. The molecule has 0 bridgehead atoms. The topological polar surface area (TPSA) is 86.7 Å². The lowest BCUT2D eigenvalue weighted by atomic mass is 10.2. The zero-order chi connectivity index (χ0) is 12.1. The molecule has 1 saturated heterocycles. The number of hydrogen-bond acceptors (Lipinski definition) is 3. The molecule has 0 aliphatic carbocycles. The van der Waals surface area contributed by atoms with E-state index in [1.54, 1.807) is 0 Å². The molecule has 88 valence electrons. The van der Waals surface area contributed by atoms with Gasteiger partial charge in [-0.1, -0.05) is 6.58 Å². The molecule has 6 nitrogen and oxygen atoms in total. The van der Waals surface area contributed by atoms with E-state index in [9.17, 15) is 14.4 Å². The molecule has 1 aliphatic heterocycles. The SMILES string of the molecule is C=CC(=O)NCC(=O)N1CCC[C@@H]1C(=O)O. The fourth-order valence-corrected chi connectivity index (χ4v) is 1.66. The van der Waals surface area contributed by atoms with E-state index >= 15 is 0 Å². The fraction of sp³-hybridized carbons (Fsp3) is 0.500. The molecule has 0 aromatic carbocycles. The van der Waals surface area contributed by atoms with Crippen LogP contribution in [0, 0.1) is 0 Å². The van der Waals surface area contributed by atoms with Gasteiger partial charge in [0.25, 0.3) is 0 Å². The van der Waals surface area contributed by atoms with Crippen molar-refractivity contribution in [3.8, 4) is 0 Å². The van der Waals surface area contributed by atoms with E-state index < -0.39 is 17.9 Å². The first kappa shape index (κ1) is 12.2. The molecule has 0 saturated carbocycles. The molecule has 1 rings (SSSR count). The molecule has 1 atom stereocenters. The maximum Gasteiger partial charge on any atom is 0.326 e. The Morgan fingerprint density at radius 3 is 2.75 bits per heavy atom. The van der Waals surface area contributed by atoms with Gasteiger partial charge in [-0.15, -0.1) is 0 Å². The second-order valence-corrected chi connectivity index (χ2v) is 3.51. The minimum atomic E-state index is -0.999. The van der Waals surface area contributed by atoms with Gasteiger partial charge in [-0.2, -0.15) is 0 Å². The Kier molecular flexibility index (Phi) is 4.04. The van der Waals surface area contributed by atoms with Crippen LogP contribution in [-0.4, -0.2) is 46.9 Å². The Balaban J connectivity index is 2.50. The summed E-state index contributed by atoms with van der Waals surface area (Å²) in [5, 5.41) is 11.2. The van der Waals surface area contributed by atoms with Gasteiger partial charge in [-0.3, -0.25) is 9.59 Å². The number of carboxylic acid groups (broad SMARTS) is 1. The number of rotatable bonds is 4. The average molecular weight is 226 g/mol. The molecule has 2 amide bonds. The van der Waals surface area contributed by atoms with Crippen molar-refractivity contribution in [1.82, 2.24) is 10.2 Å². The number of nitrogens with zero attached hydrogens (tertiary/aromatic N) is 1. The number of carbonyl (C=O) groups is 3. The Bertz CT molecular complexity index is 327. The Morgan fingerprint density at radius 2 is 2.19 bits per heavy atom. The van der Waals surface area contributed by atoms with Gasteiger partial charge in [0.05, 0.1) is 6.54 Å². The number of carbonyl (C=O) groups excluding carboxylic acids is 2. The minimum absolute atomic E-state index is 0.186. The molecule has 16 heavy (non-hydrogen) atoms. The van der Waals surface area contributed by atoms with Crippen LogP contribution >= 0.6 is 0 Å². The summed E-state index contributed by atoms with van der Waals surface area (Å²) in [7, 11) is 0. The molecule has 0 radical (unpaired) electrons. The molecule has 6 heteroatoms. The first-order valence-electron chi connectivity index (χ1n) is 4.98. The number of amides is 2. The van der Waals surface area contributed by atoms with Crippen molar-refractivity contribution in [1.29, 1.82) is 0 Å². The summed E-state index contributed by atoms with van der Waals surface area (Å²) in [5.74, 6) is -1.82. The van der Waals surface area contributed by atoms with Crippen molar-refractivity contribution in [3.63, 3.8) is 0 Å². The van der Waals surface area contributed by atoms with E-state index in [1.165, 1.54) is 4.90 Å². The van der Waals surface area contributed by atoms with E-state index in [0.717, 1.165) is 6.08 Å². The standard InChI is InChI=1S/C10H14N2O4/c1-2-8(13)11-6-9(14)12-5-3-4-7(12)10(15)16/h2,7H,1,3-6H2,(H,11,13)(H,15,16)/t7-/m1/s1. The predicted octanol–water partition coefficient (Wildman–Crippen LogP) is -0.636. The van der Waals surface area contributed by atoms with E-state index in [-0.39, 0.29) is 12.5 Å². The van der Waals surface area contributed by atoms with Crippen LogP contribution in [0.1, 0.15) is 12.8 Å². The van der Waals surface area contributed by atoms with Crippen molar-refractivity contribution in [2.75, 3.05) is 13.1 Å². The van der Waals surface area contributed by atoms with Crippen LogP contribution in [0.25, 0.3) is 0 Å². The van der Waals surface area contributed by atoms with Gasteiger partial charge in [0.2, 0.25) is 11.8 Å². The molecular weight excluding hydrogens is 212 g/mol. The molecule has 2 N–H and O–H groups in total. The summed E-state index contributed by atoms with van der Waals surface area (Å²) >= 11 is 0. The Labute approximate surface area is 92.9 Å². The lowest BCUT2D eigenvalue weighted by Gasteiger charge is -2.21. The molecule has 1 fully saturated rings. The number of aliphatic carboxylic acids is 1. The highest BCUT2D eigenvalue weighted by molar-refractivity contribution is 5.92. The maximum atomic E-state index is 11.6. The number of nitrogens with one attached hydrogen (secondary N) is 1. The maximum absolute atomic E-state index is 11.6. The first-order chi connectivity index (χ1) is 7.56. The van der Waals surface area contributed by atoms with Gasteiger partial charge < -0.3 is 15.3 Å². The molecule has 1 heterocycles. The zero-order valence-electron chi connectivity index (χ0n) is 8.81. The molecule has 0 aromatic rings. The quantitative estimate of drug-likeness (QED) is 0.624. The van der Waals surface area contributed by atoms with Gasteiger partial charge >= 0.3 is 5.97 Å². The first-order valence-corrected chi connectivity index (χ1v) is 4.98. The monoisotopic (exact) mass is 226 g/mol. The molecular formula is C10H14N2O4. The second-order valence-electron chi connectivity index (χ2n) is 3.51.